The molecule has 0 N–H and O–H groups in total. The Kier molecular flexibility index (Phi) is 3.69. The van der Waals surface area contributed by atoms with E-state index < -0.39 is 0 Å². The van der Waals surface area contributed by atoms with Gasteiger partial charge in [0.15, 0.2) is 0 Å². The summed E-state index contributed by atoms with van der Waals surface area (Å²) < 4.78 is 3.76. The zero-order valence-corrected chi connectivity index (χ0v) is 7.69. The molecule has 0 atom stereocenters. The summed E-state index contributed by atoms with van der Waals surface area (Å²) in [5.74, 6) is 0. The van der Waals surface area contributed by atoms with Crippen molar-refractivity contribution in [3.05, 3.63) is 0 Å². The van der Waals surface area contributed by atoms with Crippen LogP contribution in [0.15, 0.2) is 0 Å². The number of hydrogen-bond acceptors (Lipinski definition) is 0. The van der Waals surface area contributed by atoms with Crippen molar-refractivity contribution in [2.75, 3.05) is 14.1 Å². The Labute approximate surface area is 55.5 Å². The molecule has 0 saturated carbocycles. The zero-order valence-electron chi connectivity index (χ0n) is 5.36. The third-order valence-electron chi connectivity index (χ3n) is 0.925. The average molecular weight is 214 g/mol. The molecule has 0 aliphatic heterocycles. The molecule has 2 heteroatoms. The van der Waals surface area contributed by atoms with Gasteiger partial charge in [-0.15, -0.1) is 0 Å². The van der Waals surface area contributed by atoms with Crippen molar-refractivity contribution in [3.63, 3.8) is 0 Å². The van der Waals surface area contributed by atoms with E-state index in [0.717, 1.165) is 0 Å². The first kappa shape index (κ1) is 7.46. The van der Waals surface area contributed by atoms with Crippen molar-refractivity contribution in [1.29, 1.82) is 0 Å². The molecule has 0 bridgehead atoms. The molecule has 0 rings (SSSR count). The first-order chi connectivity index (χ1) is 3.18. The van der Waals surface area contributed by atoms with Gasteiger partial charge in [0.05, 0.1) is 0 Å². The standard InChI is InChI=1S/C5H12NTe/c1-5(7-4)6(2)3/h1-4H3/q+1. The van der Waals surface area contributed by atoms with Gasteiger partial charge in [0.2, 0.25) is 0 Å². The molecular formula is C5H12NTe+. The summed E-state index contributed by atoms with van der Waals surface area (Å²) in [7, 11) is 4.20. The van der Waals surface area contributed by atoms with E-state index in [2.05, 4.69) is 30.6 Å². The molecule has 0 unspecified atom stereocenters. The molecule has 7 heavy (non-hydrogen) atoms. The van der Waals surface area contributed by atoms with E-state index >= 15 is 0 Å². The molecule has 42 valence electrons. The maximum absolute atomic E-state index is 2.29. The normalized spacial score (nSPS) is 8.57. The second-order valence-corrected chi connectivity index (χ2v) is 4.47. The van der Waals surface area contributed by atoms with E-state index in [9.17, 15) is 0 Å². The summed E-state index contributed by atoms with van der Waals surface area (Å²) in [6, 6.07) is 0. The second-order valence-electron chi connectivity index (χ2n) is 1.62. The van der Waals surface area contributed by atoms with Crippen molar-refractivity contribution < 1.29 is 4.58 Å². The van der Waals surface area contributed by atoms with E-state index in [-0.39, 0.29) is 20.9 Å². The topological polar surface area (TPSA) is 3.01 Å². The summed E-state index contributed by atoms with van der Waals surface area (Å²) >= 11 is 0.199. The Morgan fingerprint density at radius 3 is 1.86 bits per heavy atom. The fourth-order valence-electron chi connectivity index (χ4n) is 0.183. The van der Waals surface area contributed by atoms with Gasteiger partial charge in [0.25, 0.3) is 0 Å². The fraction of sp³-hybridized carbons (Fsp3) is 0.800. The molecule has 0 aromatic rings. The molecule has 0 amide bonds. The SMILES string of the molecule is C[Te]C(C)=[N+](C)C. The van der Waals surface area contributed by atoms with Crippen LogP contribution in [0.25, 0.3) is 0 Å². The molecule has 0 radical (unpaired) electrons. The van der Waals surface area contributed by atoms with E-state index in [1.54, 1.807) is 3.76 Å². The van der Waals surface area contributed by atoms with Gasteiger partial charge in [0, 0.05) is 0 Å². The number of rotatable bonds is 1. The molecule has 1 nitrogen and oxygen atoms in total. The van der Waals surface area contributed by atoms with Crippen LogP contribution in [0.5, 0.6) is 0 Å². The molecular weight excluding hydrogens is 202 g/mol. The van der Waals surface area contributed by atoms with Crippen LogP contribution in [0.3, 0.4) is 0 Å². The fourth-order valence-corrected chi connectivity index (χ4v) is 1.22. The molecule has 0 fully saturated rings. The van der Waals surface area contributed by atoms with Crippen molar-refractivity contribution in [2.24, 2.45) is 0 Å². The Hall–Kier alpha value is 0.460. The van der Waals surface area contributed by atoms with Gasteiger partial charge in [-0.25, -0.2) is 0 Å². The van der Waals surface area contributed by atoms with E-state index in [1.165, 1.54) is 0 Å². The maximum atomic E-state index is 2.29. The van der Waals surface area contributed by atoms with Crippen molar-refractivity contribution >= 4 is 24.7 Å². The van der Waals surface area contributed by atoms with Crippen LogP contribution in [-0.4, -0.2) is 43.4 Å². The van der Waals surface area contributed by atoms with Gasteiger partial charge in [-0.05, 0) is 0 Å². The first-order valence-corrected chi connectivity index (χ1v) is 5.73. The van der Waals surface area contributed by atoms with Crippen LogP contribution in [0.4, 0.5) is 0 Å². The van der Waals surface area contributed by atoms with Gasteiger partial charge in [-0.3, -0.25) is 0 Å². The van der Waals surface area contributed by atoms with E-state index in [1.807, 2.05) is 0 Å². The van der Waals surface area contributed by atoms with Crippen LogP contribution in [-0.2, 0) is 0 Å². The third kappa shape index (κ3) is 3.08. The quantitative estimate of drug-likeness (QED) is 0.338. The van der Waals surface area contributed by atoms with Gasteiger partial charge < -0.3 is 0 Å². The van der Waals surface area contributed by atoms with Crippen LogP contribution in [0, 0.1) is 0 Å². The molecule has 0 aliphatic rings. The minimum absolute atomic E-state index is 0.199. The van der Waals surface area contributed by atoms with Crippen molar-refractivity contribution in [1.82, 2.24) is 0 Å². The molecule has 0 aliphatic carbocycles. The first-order valence-electron chi connectivity index (χ1n) is 2.23. The predicted octanol–water partition coefficient (Wildman–Crippen LogP) is 0.429. The zero-order chi connectivity index (χ0) is 5.86. The predicted molar refractivity (Wildman–Crippen MR) is 34.4 cm³/mol. The summed E-state index contributed by atoms with van der Waals surface area (Å²) in [5, 5.41) is 0. The van der Waals surface area contributed by atoms with Crippen LogP contribution >= 0.6 is 0 Å². The minimum atomic E-state index is 0.199. The molecule has 0 aromatic carbocycles. The monoisotopic (exact) mass is 216 g/mol. The Bertz CT molecular complexity index is 82.1. The van der Waals surface area contributed by atoms with Crippen molar-refractivity contribution in [2.45, 2.75) is 11.9 Å². The summed E-state index contributed by atoms with van der Waals surface area (Å²) in [4.78, 5) is 2.29. The molecule has 0 spiro atoms. The number of nitrogens with zero attached hydrogens (tertiary/aromatic N) is 1. The van der Waals surface area contributed by atoms with E-state index in [0.29, 0.717) is 0 Å². The van der Waals surface area contributed by atoms with Crippen LogP contribution < -0.4 is 0 Å². The molecule has 0 saturated heterocycles. The van der Waals surface area contributed by atoms with Crippen LogP contribution in [0.1, 0.15) is 6.92 Å². The third-order valence-corrected chi connectivity index (χ3v) is 3.65. The van der Waals surface area contributed by atoms with Gasteiger partial charge >= 0.3 is 55.2 Å². The summed E-state index contributed by atoms with van der Waals surface area (Å²) in [6.07, 6.45) is 0. The average Bonchev–Trinajstić information content (AvgIpc) is 1.65. The van der Waals surface area contributed by atoms with Crippen LogP contribution in [0.2, 0.25) is 4.97 Å². The van der Waals surface area contributed by atoms with E-state index in [4.69, 9.17) is 0 Å². The molecule has 0 heterocycles. The Morgan fingerprint density at radius 2 is 1.86 bits per heavy atom. The Balaban J connectivity index is 3.72. The second kappa shape index (κ2) is 3.46. The van der Waals surface area contributed by atoms with Gasteiger partial charge in [-0.1, -0.05) is 0 Å². The summed E-state index contributed by atoms with van der Waals surface area (Å²) in [6.45, 7) is 2.20. The molecule has 0 aromatic heterocycles. The Morgan fingerprint density at radius 1 is 1.43 bits per heavy atom. The number of hydrogen-bond donors (Lipinski definition) is 0. The van der Waals surface area contributed by atoms with Gasteiger partial charge in [-0.2, -0.15) is 0 Å². The summed E-state index contributed by atoms with van der Waals surface area (Å²) in [5.41, 5.74) is 0. The van der Waals surface area contributed by atoms with Gasteiger partial charge in [0.1, 0.15) is 0 Å². The van der Waals surface area contributed by atoms with Crippen molar-refractivity contribution in [3.8, 4) is 0 Å².